The van der Waals surface area contributed by atoms with Crippen LogP contribution in [0.4, 0.5) is 13.2 Å². The molecule has 0 saturated heterocycles. The van der Waals surface area contributed by atoms with Crippen LogP contribution in [0.2, 0.25) is 0 Å². The third-order valence-electron chi connectivity index (χ3n) is 4.62. The van der Waals surface area contributed by atoms with Gasteiger partial charge in [-0.05, 0) is 38.5 Å². The number of carbonyl (C=O) groups is 2. The molecule has 0 rings (SSSR count). The Hall–Kier alpha value is -0.730. The molecule has 8 nitrogen and oxygen atoms in total. The zero-order valence-electron chi connectivity index (χ0n) is 21.1. The van der Waals surface area contributed by atoms with E-state index < -0.39 is 12.1 Å². The first-order valence-corrected chi connectivity index (χ1v) is 14.0. The number of hydrogen-bond donors (Lipinski definition) is 3. The van der Waals surface area contributed by atoms with Gasteiger partial charge in [-0.1, -0.05) is 35.4 Å². The van der Waals surface area contributed by atoms with Gasteiger partial charge in [0.1, 0.15) is 5.94 Å². The second-order valence-corrected chi connectivity index (χ2v) is 11.9. The van der Waals surface area contributed by atoms with Crippen molar-refractivity contribution in [2.75, 3.05) is 58.7 Å². The molecule has 0 aromatic heterocycles. The molecular weight excluding hydrogens is 509 g/mol. The van der Waals surface area contributed by atoms with E-state index in [4.69, 9.17) is 19.3 Å². The Morgan fingerprint density at radius 1 is 0.943 bits per heavy atom. The fraction of sp³-hybridized carbons (Fsp3) is 0.909. The maximum absolute atomic E-state index is 12.0. The summed E-state index contributed by atoms with van der Waals surface area (Å²) in [6.45, 7) is 9.91. The standard InChI is InChI=1S/C22H41F3N2O6S2/c1-17(14-28)13-18(2)15-33-16-34-35-21(3,4)6-5-19(29)26-7-9-31-11-12-32-10-8-27-20(30)22(23,24)25/h17-18,28H,5-16H2,1-4H3,(H,26,29)(H,27,30). The highest BCUT2D eigenvalue weighted by Crippen LogP contribution is 2.38. The Balaban J connectivity index is 3.64. The minimum absolute atomic E-state index is 0.0524. The highest BCUT2D eigenvalue weighted by Gasteiger charge is 2.38. The first-order chi connectivity index (χ1) is 16.4. The van der Waals surface area contributed by atoms with Gasteiger partial charge in [0.05, 0.1) is 33.0 Å². The highest BCUT2D eigenvalue weighted by molar-refractivity contribution is 8.77. The number of nitrogens with one attached hydrogen (secondary N) is 2. The van der Waals surface area contributed by atoms with Gasteiger partial charge in [0, 0.05) is 30.9 Å². The van der Waals surface area contributed by atoms with Crippen LogP contribution in [0.1, 0.15) is 47.0 Å². The zero-order chi connectivity index (χ0) is 26.7. The molecule has 2 unspecified atom stereocenters. The lowest BCUT2D eigenvalue weighted by Crippen LogP contribution is -2.38. The number of alkyl halides is 3. The largest absolute Gasteiger partial charge is 0.471 e. The third kappa shape index (κ3) is 21.1. The summed E-state index contributed by atoms with van der Waals surface area (Å²) in [6.07, 6.45) is -2.86. The van der Waals surface area contributed by atoms with Gasteiger partial charge in [0.2, 0.25) is 5.91 Å². The molecule has 208 valence electrons. The van der Waals surface area contributed by atoms with Gasteiger partial charge in [-0.3, -0.25) is 9.59 Å². The second-order valence-electron chi connectivity index (χ2n) is 8.91. The van der Waals surface area contributed by atoms with Crippen LogP contribution >= 0.6 is 21.6 Å². The van der Waals surface area contributed by atoms with Crippen LogP contribution in [-0.4, -0.2) is 86.5 Å². The maximum atomic E-state index is 12.0. The van der Waals surface area contributed by atoms with Gasteiger partial charge >= 0.3 is 12.1 Å². The molecule has 0 bridgehead atoms. The van der Waals surface area contributed by atoms with E-state index in [0.29, 0.717) is 44.5 Å². The monoisotopic (exact) mass is 550 g/mol. The molecule has 2 atom stereocenters. The molecule has 0 fully saturated rings. The van der Waals surface area contributed by atoms with E-state index in [2.05, 4.69) is 26.1 Å². The van der Waals surface area contributed by atoms with Gasteiger partial charge < -0.3 is 30.0 Å². The van der Waals surface area contributed by atoms with Crippen LogP contribution in [0.3, 0.4) is 0 Å². The molecule has 0 spiro atoms. The van der Waals surface area contributed by atoms with Gasteiger partial charge in [-0.2, -0.15) is 13.2 Å². The van der Waals surface area contributed by atoms with Crippen molar-refractivity contribution in [1.82, 2.24) is 10.6 Å². The van der Waals surface area contributed by atoms with Crippen molar-refractivity contribution in [2.24, 2.45) is 11.8 Å². The summed E-state index contributed by atoms with van der Waals surface area (Å²) >= 11 is 0. The van der Waals surface area contributed by atoms with Crippen LogP contribution in [0.15, 0.2) is 0 Å². The minimum atomic E-state index is -4.89. The van der Waals surface area contributed by atoms with E-state index in [1.165, 1.54) is 0 Å². The molecule has 35 heavy (non-hydrogen) atoms. The van der Waals surface area contributed by atoms with Crippen molar-refractivity contribution in [2.45, 2.75) is 57.9 Å². The number of aliphatic hydroxyl groups is 1. The molecule has 0 saturated carbocycles. The first kappa shape index (κ1) is 34.3. The van der Waals surface area contributed by atoms with E-state index >= 15 is 0 Å². The molecule has 13 heteroatoms. The quantitative estimate of drug-likeness (QED) is 0.114. The summed E-state index contributed by atoms with van der Waals surface area (Å²) in [4.78, 5) is 22.6. The van der Waals surface area contributed by atoms with Gasteiger partial charge in [0.25, 0.3) is 0 Å². The Kier molecular flexibility index (Phi) is 19.0. The molecule has 0 aliphatic rings. The van der Waals surface area contributed by atoms with E-state index in [0.717, 1.165) is 6.42 Å². The van der Waals surface area contributed by atoms with Crippen LogP contribution < -0.4 is 10.6 Å². The fourth-order valence-corrected chi connectivity index (χ4v) is 5.03. The predicted octanol–water partition coefficient (Wildman–Crippen LogP) is 3.38. The topological polar surface area (TPSA) is 106 Å². The van der Waals surface area contributed by atoms with Crippen LogP contribution in [0, 0.1) is 11.8 Å². The van der Waals surface area contributed by atoms with Gasteiger partial charge in [-0.15, -0.1) is 0 Å². The van der Waals surface area contributed by atoms with E-state index in [1.807, 2.05) is 6.92 Å². The number of amides is 2. The predicted molar refractivity (Wildman–Crippen MR) is 133 cm³/mol. The summed E-state index contributed by atoms with van der Waals surface area (Å²) in [5, 5.41) is 13.6. The van der Waals surface area contributed by atoms with E-state index in [1.54, 1.807) is 26.9 Å². The van der Waals surface area contributed by atoms with Crippen molar-refractivity contribution < 1.29 is 42.1 Å². The molecule has 2 amide bonds. The summed E-state index contributed by atoms with van der Waals surface area (Å²) < 4.78 is 51.9. The lowest BCUT2D eigenvalue weighted by atomic mass is 9.99. The molecule has 0 aromatic rings. The number of carbonyl (C=O) groups excluding carboxylic acids is 2. The average Bonchev–Trinajstić information content (AvgIpc) is 2.77. The molecule has 0 radical (unpaired) electrons. The van der Waals surface area contributed by atoms with Crippen molar-refractivity contribution in [3.8, 4) is 0 Å². The van der Waals surface area contributed by atoms with Crippen molar-refractivity contribution >= 4 is 33.4 Å². The van der Waals surface area contributed by atoms with Crippen LogP contribution in [0.25, 0.3) is 0 Å². The lowest BCUT2D eigenvalue weighted by Gasteiger charge is -2.23. The fourth-order valence-electron chi connectivity index (χ4n) is 2.76. The van der Waals surface area contributed by atoms with Crippen LogP contribution in [0.5, 0.6) is 0 Å². The van der Waals surface area contributed by atoms with E-state index in [9.17, 15) is 22.8 Å². The molecular formula is C22H41F3N2O6S2. The number of aliphatic hydroxyl groups excluding tert-OH is 1. The summed E-state index contributed by atoms with van der Waals surface area (Å²) in [6, 6.07) is 0. The number of ether oxygens (including phenoxy) is 3. The molecule has 0 aromatic carbocycles. The van der Waals surface area contributed by atoms with Crippen LogP contribution in [-0.2, 0) is 23.8 Å². The zero-order valence-corrected chi connectivity index (χ0v) is 22.7. The number of rotatable bonds is 21. The summed E-state index contributed by atoms with van der Waals surface area (Å²) in [7, 11) is 3.32. The van der Waals surface area contributed by atoms with Crippen molar-refractivity contribution in [3.05, 3.63) is 0 Å². The average molecular weight is 551 g/mol. The van der Waals surface area contributed by atoms with Gasteiger partial charge in [0.15, 0.2) is 0 Å². The Bertz CT molecular complexity index is 586. The van der Waals surface area contributed by atoms with Gasteiger partial charge in [-0.25, -0.2) is 0 Å². The Morgan fingerprint density at radius 3 is 2.11 bits per heavy atom. The lowest BCUT2D eigenvalue weighted by molar-refractivity contribution is -0.173. The molecule has 0 aliphatic carbocycles. The molecule has 0 aliphatic heterocycles. The molecule has 3 N–H and O–H groups in total. The normalized spacial score (nSPS) is 13.9. The Morgan fingerprint density at radius 2 is 1.54 bits per heavy atom. The number of halogens is 3. The second kappa shape index (κ2) is 19.4. The Labute approximate surface area is 214 Å². The molecule has 0 heterocycles. The highest BCUT2D eigenvalue weighted by atomic mass is 33.1. The summed E-state index contributed by atoms with van der Waals surface area (Å²) in [5.41, 5.74) is 0. The summed E-state index contributed by atoms with van der Waals surface area (Å²) in [5.74, 6) is -0.802. The number of hydrogen-bond acceptors (Lipinski definition) is 8. The third-order valence-corrected chi connectivity index (χ3v) is 7.65. The van der Waals surface area contributed by atoms with Crippen molar-refractivity contribution in [3.63, 3.8) is 0 Å². The maximum Gasteiger partial charge on any atom is 0.471 e. The smallest absolute Gasteiger partial charge is 0.396 e. The van der Waals surface area contributed by atoms with Crippen molar-refractivity contribution in [1.29, 1.82) is 0 Å². The first-order valence-electron chi connectivity index (χ1n) is 11.6. The van der Waals surface area contributed by atoms with E-state index in [-0.39, 0.29) is 49.5 Å². The minimum Gasteiger partial charge on any atom is -0.396 e. The SMILES string of the molecule is CC(CO)CC(C)COCSSC(C)(C)CCC(=O)NCCOCCOCCNC(=O)C(F)(F)F.